The number of hydrogen-bond donors (Lipinski definition) is 1. The van der Waals surface area contributed by atoms with E-state index >= 15 is 0 Å². The summed E-state index contributed by atoms with van der Waals surface area (Å²) in [4.78, 5) is 30.7. The van der Waals surface area contributed by atoms with Crippen LogP contribution in [-0.4, -0.2) is 21.3 Å². The molecule has 2 atom stereocenters. The summed E-state index contributed by atoms with van der Waals surface area (Å²) in [7, 11) is 1.77. The van der Waals surface area contributed by atoms with Gasteiger partial charge < -0.3 is 0 Å². The summed E-state index contributed by atoms with van der Waals surface area (Å²) < 4.78 is 2.42. The number of fused-ring (bicyclic) bond motifs is 2. The second kappa shape index (κ2) is 5.92. The molecule has 1 aliphatic carbocycles. The van der Waals surface area contributed by atoms with Crippen LogP contribution < -0.4 is 5.56 Å². The highest BCUT2D eigenvalue weighted by atomic mass is 79.9. The van der Waals surface area contributed by atoms with E-state index in [1.165, 1.54) is 0 Å². The molecule has 1 saturated carbocycles. The number of nitrogens with one attached hydrogen (secondary N) is 1. The van der Waals surface area contributed by atoms with Gasteiger partial charge >= 0.3 is 0 Å². The summed E-state index contributed by atoms with van der Waals surface area (Å²) in [6.45, 7) is 3.95. The highest BCUT2D eigenvalue weighted by Gasteiger charge is 2.49. The third-order valence-corrected chi connectivity index (χ3v) is 6.82. The summed E-state index contributed by atoms with van der Waals surface area (Å²) in [5.41, 5.74) is 1.64. The molecular formula is C19H19BrClN3O2. The predicted octanol–water partition coefficient (Wildman–Crippen LogP) is 4.35. The van der Waals surface area contributed by atoms with E-state index in [4.69, 9.17) is 16.6 Å². The van der Waals surface area contributed by atoms with E-state index in [-0.39, 0.29) is 17.3 Å². The average Bonchev–Trinajstić information content (AvgIpc) is 2.86. The third-order valence-electron chi connectivity index (χ3n) is 5.58. The van der Waals surface area contributed by atoms with E-state index in [9.17, 15) is 9.59 Å². The summed E-state index contributed by atoms with van der Waals surface area (Å²) in [5.74, 6) is -0.0506. The van der Waals surface area contributed by atoms with E-state index < -0.39 is 11.3 Å². The van der Waals surface area contributed by atoms with Crippen LogP contribution in [-0.2, 0) is 11.8 Å². The zero-order valence-electron chi connectivity index (χ0n) is 14.8. The van der Waals surface area contributed by atoms with Gasteiger partial charge in [0.2, 0.25) is 0 Å². The van der Waals surface area contributed by atoms with Gasteiger partial charge in [0.1, 0.15) is 5.78 Å². The van der Waals surface area contributed by atoms with Gasteiger partial charge in [0.25, 0.3) is 5.56 Å². The van der Waals surface area contributed by atoms with E-state index in [0.717, 1.165) is 28.6 Å². The number of carbonyl (C=O) groups is 1. The van der Waals surface area contributed by atoms with Crippen LogP contribution in [0.4, 0.5) is 5.82 Å². The Morgan fingerprint density at radius 1 is 1.31 bits per heavy atom. The van der Waals surface area contributed by atoms with Crippen molar-refractivity contribution in [3.05, 3.63) is 49.2 Å². The molecule has 1 aliphatic heterocycles. The number of benzene rings is 1. The van der Waals surface area contributed by atoms with Crippen molar-refractivity contribution in [3.8, 4) is 0 Å². The van der Waals surface area contributed by atoms with Crippen molar-refractivity contribution in [2.75, 3.05) is 0 Å². The number of rotatable bonds is 1. The van der Waals surface area contributed by atoms with Crippen molar-refractivity contribution in [1.82, 2.24) is 9.78 Å². The monoisotopic (exact) mass is 435 g/mol. The maximum absolute atomic E-state index is 13.3. The Hall–Kier alpha value is -1.66. The van der Waals surface area contributed by atoms with Gasteiger partial charge in [0, 0.05) is 28.6 Å². The fourth-order valence-electron chi connectivity index (χ4n) is 4.09. The molecule has 4 rings (SSSR count). The standard InChI is InChI=1S/C19H19BrClN3O2/c1-19(2)7-6-12-14(16(19)25)13(9-4-5-10(20)11(21)8-9)15-17(22-12)24(3)23-18(15)26/h4-5,8,13-14H,6-7H2,1-3H3,(H,23,26). The SMILES string of the molecule is Cn1[nH]c(=O)c2c1N=C1CCC(C)(C)C(=O)C1C2c1ccc(Br)c(Cl)c1. The molecule has 136 valence electrons. The van der Waals surface area contributed by atoms with Crippen molar-refractivity contribution in [2.45, 2.75) is 32.6 Å². The first-order valence-corrected chi connectivity index (χ1v) is 9.73. The highest BCUT2D eigenvalue weighted by Crippen LogP contribution is 2.48. The Morgan fingerprint density at radius 3 is 2.73 bits per heavy atom. The zero-order chi connectivity index (χ0) is 18.8. The fourth-order valence-corrected chi connectivity index (χ4v) is 4.53. The van der Waals surface area contributed by atoms with Crippen LogP contribution in [0.3, 0.4) is 0 Å². The predicted molar refractivity (Wildman–Crippen MR) is 106 cm³/mol. The molecule has 1 aromatic heterocycles. The van der Waals surface area contributed by atoms with Crippen LogP contribution in [0.15, 0.2) is 32.5 Å². The van der Waals surface area contributed by atoms with Crippen molar-refractivity contribution in [3.63, 3.8) is 0 Å². The Labute approximate surface area is 164 Å². The zero-order valence-corrected chi connectivity index (χ0v) is 17.1. The molecular weight excluding hydrogens is 418 g/mol. The molecule has 2 heterocycles. The number of carbonyl (C=O) groups excluding carboxylic acids is 1. The lowest BCUT2D eigenvalue weighted by atomic mass is 9.63. The van der Waals surface area contributed by atoms with Gasteiger partial charge in [0.05, 0.1) is 16.5 Å². The molecule has 2 unspecified atom stereocenters. The van der Waals surface area contributed by atoms with E-state index in [0.29, 0.717) is 16.4 Å². The summed E-state index contributed by atoms with van der Waals surface area (Å²) in [5, 5.41) is 3.35. The fraction of sp³-hybridized carbons (Fsp3) is 0.421. The first kappa shape index (κ1) is 17.7. The molecule has 1 fully saturated rings. The summed E-state index contributed by atoms with van der Waals surface area (Å²) in [6, 6.07) is 5.62. The second-order valence-corrected chi connectivity index (χ2v) is 8.98. The molecule has 7 heteroatoms. The van der Waals surface area contributed by atoms with E-state index in [1.807, 2.05) is 32.0 Å². The molecule has 1 N–H and O–H groups in total. The van der Waals surface area contributed by atoms with Gasteiger partial charge in [-0.1, -0.05) is 31.5 Å². The molecule has 0 bridgehead atoms. The quantitative estimate of drug-likeness (QED) is 0.722. The topological polar surface area (TPSA) is 67.2 Å². The molecule has 2 aliphatic rings. The first-order chi connectivity index (χ1) is 12.2. The molecule has 1 aromatic carbocycles. The lowest BCUT2D eigenvalue weighted by Gasteiger charge is -2.40. The number of hydrogen-bond acceptors (Lipinski definition) is 3. The number of aryl methyl sites for hydroxylation is 1. The van der Waals surface area contributed by atoms with Crippen molar-refractivity contribution in [2.24, 2.45) is 23.4 Å². The summed E-state index contributed by atoms with van der Waals surface area (Å²) >= 11 is 9.73. The minimum atomic E-state index is -0.430. The number of halogens is 2. The number of nitrogens with zero attached hydrogens (tertiary/aromatic N) is 2. The molecule has 0 saturated heterocycles. The molecule has 0 spiro atoms. The third kappa shape index (κ3) is 2.54. The number of ketones is 1. The van der Waals surface area contributed by atoms with Gasteiger partial charge in [-0.15, -0.1) is 0 Å². The molecule has 0 radical (unpaired) electrons. The van der Waals surface area contributed by atoms with Crippen LogP contribution >= 0.6 is 27.5 Å². The maximum atomic E-state index is 13.3. The van der Waals surface area contributed by atoms with Gasteiger partial charge in [-0.25, -0.2) is 4.99 Å². The van der Waals surface area contributed by atoms with Crippen LogP contribution in [0.25, 0.3) is 0 Å². The second-order valence-electron chi connectivity index (χ2n) is 7.72. The van der Waals surface area contributed by atoms with Gasteiger partial charge in [-0.2, -0.15) is 0 Å². The minimum Gasteiger partial charge on any atom is -0.298 e. The van der Waals surface area contributed by atoms with E-state index in [1.54, 1.807) is 11.7 Å². The van der Waals surface area contributed by atoms with Crippen molar-refractivity contribution >= 4 is 44.8 Å². The number of aliphatic imine (C=N–C) groups is 1. The van der Waals surface area contributed by atoms with Crippen LogP contribution in [0.1, 0.15) is 43.7 Å². The van der Waals surface area contributed by atoms with Crippen LogP contribution in [0.2, 0.25) is 5.02 Å². The average molecular weight is 437 g/mol. The lowest BCUT2D eigenvalue weighted by Crippen LogP contribution is -2.45. The summed E-state index contributed by atoms with van der Waals surface area (Å²) in [6.07, 6.45) is 1.52. The molecule has 5 nitrogen and oxygen atoms in total. The Kier molecular flexibility index (Phi) is 4.04. The number of H-pyrrole nitrogens is 1. The van der Waals surface area contributed by atoms with Crippen molar-refractivity contribution in [1.29, 1.82) is 0 Å². The Bertz CT molecular complexity index is 1020. The maximum Gasteiger partial charge on any atom is 0.270 e. The van der Waals surface area contributed by atoms with Crippen LogP contribution in [0, 0.1) is 11.3 Å². The smallest absolute Gasteiger partial charge is 0.270 e. The van der Waals surface area contributed by atoms with Crippen LogP contribution in [0.5, 0.6) is 0 Å². The van der Waals surface area contributed by atoms with Gasteiger partial charge in [-0.05, 0) is 46.5 Å². The molecule has 2 aromatic rings. The first-order valence-electron chi connectivity index (χ1n) is 8.56. The normalized spacial score (nSPS) is 24.0. The lowest BCUT2D eigenvalue weighted by molar-refractivity contribution is -0.130. The van der Waals surface area contributed by atoms with Crippen molar-refractivity contribution < 1.29 is 4.79 Å². The largest absolute Gasteiger partial charge is 0.298 e. The number of aromatic nitrogens is 2. The van der Waals surface area contributed by atoms with E-state index in [2.05, 4.69) is 21.0 Å². The highest BCUT2D eigenvalue weighted by molar-refractivity contribution is 9.10. The number of aromatic amines is 1. The van der Waals surface area contributed by atoms with Gasteiger partial charge in [-0.3, -0.25) is 19.4 Å². The molecule has 26 heavy (non-hydrogen) atoms. The Balaban J connectivity index is 1.99. The number of Topliss-reactive ketones (excluding diaryl/α,β-unsaturated/α-hetero) is 1. The minimum absolute atomic E-state index is 0.139. The van der Waals surface area contributed by atoms with Gasteiger partial charge in [0.15, 0.2) is 5.82 Å². The molecule has 0 amide bonds. The Morgan fingerprint density at radius 2 is 2.04 bits per heavy atom.